The van der Waals surface area contributed by atoms with Crippen LogP contribution in [0.2, 0.25) is 5.02 Å². The Balaban J connectivity index is 1.50. The summed E-state index contributed by atoms with van der Waals surface area (Å²) in [7, 11) is 0. The van der Waals surface area contributed by atoms with E-state index in [1.165, 1.54) is 11.8 Å². The maximum Gasteiger partial charge on any atom is 0.221 e. The van der Waals surface area contributed by atoms with Crippen molar-refractivity contribution in [1.29, 1.82) is 0 Å². The third kappa shape index (κ3) is 4.55. The van der Waals surface area contributed by atoms with Crippen LogP contribution in [0, 0.1) is 0 Å². The molecule has 29 heavy (non-hydrogen) atoms. The van der Waals surface area contributed by atoms with Crippen molar-refractivity contribution >= 4 is 29.6 Å². The van der Waals surface area contributed by atoms with Gasteiger partial charge in [-0.25, -0.2) is 0 Å². The van der Waals surface area contributed by atoms with Gasteiger partial charge in [0.15, 0.2) is 5.76 Å². The SMILES string of the molecule is CCSc1nnc(-c2ccco2)n1N=Cc1ccc(COc2ccccc2Cl)o1. The molecule has 0 N–H and O–H groups in total. The van der Waals surface area contributed by atoms with E-state index in [1.807, 2.05) is 43.3 Å². The molecule has 3 aromatic heterocycles. The highest BCUT2D eigenvalue weighted by molar-refractivity contribution is 7.99. The molecule has 4 aromatic rings. The lowest BCUT2D eigenvalue weighted by Crippen LogP contribution is -1.96. The molecule has 0 spiro atoms. The van der Waals surface area contributed by atoms with Gasteiger partial charge in [-0.2, -0.15) is 9.78 Å². The van der Waals surface area contributed by atoms with Gasteiger partial charge in [0.2, 0.25) is 11.0 Å². The van der Waals surface area contributed by atoms with Crippen molar-refractivity contribution in [3.05, 3.63) is 71.3 Å². The molecule has 0 saturated carbocycles. The van der Waals surface area contributed by atoms with Gasteiger partial charge in [0, 0.05) is 0 Å². The number of para-hydroxylation sites is 1. The van der Waals surface area contributed by atoms with Crippen molar-refractivity contribution in [2.45, 2.75) is 18.7 Å². The Labute approximate surface area is 176 Å². The Morgan fingerprint density at radius 1 is 1.17 bits per heavy atom. The van der Waals surface area contributed by atoms with E-state index in [0.717, 1.165) is 5.75 Å². The van der Waals surface area contributed by atoms with Gasteiger partial charge in [0.05, 0.1) is 17.5 Å². The third-order valence-electron chi connectivity index (χ3n) is 3.82. The molecule has 4 rings (SSSR count). The molecule has 0 amide bonds. The molecule has 0 saturated heterocycles. The molecular formula is C20H17ClN4O3S. The summed E-state index contributed by atoms with van der Waals surface area (Å²) in [5, 5.41) is 14.1. The maximum atomic E-state index is 6.10. The van der Waals surface area contributed by atoms with E-state index in [9.17, 15) is 0 Å². The second-order valence-electron chi connectivity index (χ2n) is 5.80. The number of benzene rings is 1. The molecule has 9 heteroatoms. The number of ether oxygens (including phenoxy) is 1. The van der Waals surface area contributed by atoms with Crippen LogP contribution in [0.25, 0.3) is 11.6 Å². The average Bonchev–Trinajstić information content (AvgIpc) is 3.47. The van der Waals surface area contributed by atoms with Crippen LogP contribution in [0.4, 0.5) is 0 Å². The molecule has 0 fully saturated rings. The molecular weight excluding hydrogens is 412 g/mol. The van der Waals surface area contributed by atoms with E-state index >= 15 is 0 Å². The van der Waals surface area contributed by atoms with Crippen LogP contribution in [0.3, 0.4) is 0 Å². The number of hydrogen-bond acceptors (Lipinski definition) is 7. The van der Waals surface area contributed by atoms with Crippen LogP contribution in [0.15, 0.2) is 73.9 Å². The number of thioether (sulfide) groups is 1. The number of nitrogens with zero attached hydrogens (tertiary/aromatic N) is 4. The summed E-state index contributed by atoms with van der Waals surface area (Å²) in [6.45, 7) is 2.30. The fourth-order valence-electron chi connectivity index (χ4n) is 2.51. The fraction of sp³-hybridized carbons (Fsp3) is 0.150. The molecule has 3 heterocycles. The van der Waals surface area contributed by atoms with E-state index in [0.29, 0.717) is 39.0 Å². The summed E-state index contributed by atoms with van der Waals surface area (Å²) in [6.07, 6.45) is 3.19. The lowest BCUT2D eigenvalue weighted by atomic mass is 10.3. The molecule has 0 aliphatic rings. The highest BCUT2D eigenvalue weighted by Gasteiger charge is 2.15. The van der Waals surface area contributed by atoms with Crippen molar-refractivity contribution in [2.75, 3.05) is 5.75 Å². The summed E-state index contributed by atoms with van der Waals surface area (Å²) in [5.41, 5.74) is 0. The van der Waals surface area contributed by atoms with Crippen molar-refractivity contribution in [1.82, 2.24) is 14.9 Å². The highest BCUT2D eigenvalue weighted by atomic mass is 35.5. The average molecular weight is 429 g/mol. The van der Waals surface area contributed by atoms with Crippen LogP contribution < -0.4 is 4.74 Å². The number of aromatic nitrogens is 3. The molecule has 0 aliphatic heterocycles. The predicted octanol–water partition coefficient (Wildman–Crippen LogP) is 5.36. The molecule has 148 valence electrons. The zero-order valence-corrected chi connectivity index (χ0v) is 17.1. The Bertz CT molecular complexity index is 1100. The van der Waals surface area contributed by atoms with Gasteiger partial charge < -0.3 is 13.6 Å². The lowest BCUT2D eigenvalue weighted by Gasteiger charge is -2.05. The van der Waals surface area contributed by atoms with Crippen LogP contribution in [-0.2, 0) is 6.61 Å². The summed E-state index contributed by atoms with van der Waals surface area (Å²) in [6, 6.07) is 14.6. The minimum absolute atomic E-state index is 0.263. The van der Waals surface area contributed by atoms with Crippen LogP contribution in [-0.4, -0.2) is 26.8 Å². The van der Waals surface area contributed by atoms with E-state index in [4.69, 9.17) is 25.2 Å². The topological polar surface area (TPSA) is 78.6 Å². The van der Waals surface area contributed by atoms with Crippen molar-refractivity contribution in [3.8, 4) is 17.3 Å². The maximum absolute atomic E-state index is 6.10. The standard InChI is InChI=1S/C20H17ClN4O3S/c1-2-29-20-24-23-19(18-8-5-11-26-18)25(20)22-12-14-9-10-15(28-14)13-27-17-7-4-3-6-16(17)21/h3-12H,2,13H2,1H3. The highest BCUT2D eigenvalue weighted by Crippen LogP contribution is 2.25. The Morgan fingerprint density at radius 3 is 2.86 bits per heavy atom. The van der Waals surface area contributed by atoms with Gasteiger partial charge >= 0.3 is 0 Å². The first-order valence-corrected chi connectivity index (χ1v) is 10.2. The van der Waals surface area contributed by atoms with Crippen LogP contribution >= 0.6 is 23.4 Å². The number of hydrogen-bond donors (Lipinski definition) is 0. The summed E-state index contributed by atoms with van der Waals surface area (Å²) in [4.78, 5) is 0. The lowest BCUT2D eigenvalue weighted by molar-refractivity contribution is 0.270. The largest absolute Gasteiger partial charge is 0.484 e. The first-order valence-electron chi connectivity index (χ1n) is 8.87. The summed E-state index contributed by atoms with van der Waals surface area (Å²) >= 11 is 7.64. The van der Waals surface area contributed by atoms with Crippen molar-refractivity contribution < 1.29 is 13.6 Å². The predicted molar refractivity (Wildman–Crippen MR) is 112 cm³/mol. The van der Waals surface area contributed by atoms with Gasteiger partial charge in [-0.05, 0) is 42.2 Å². The zero-order chi connectivity index (χ0) is 20.1. The van der Waals surface area contributed by atoms with E-state index in [1.54, 1.807) is 29.3 Å². The molecule has 0 aliphatic carbocycles. The summed E-state index contributed by atoms with van der Waals surface area (Å²) < 4.78 is 18.5. The van der Waals surface area contributed by atoms with Gasteiger partial charge in [0.25, 0.3) is 0 Å². The number of rotatable bonds is 8. The molecule has 0 atom stereocenters. The Hall–Kier alpha value is -2.97. The van der Waals surface area contributed by atoms with Crippen LogP contribution in [0.5, 0.6) is 5.75 Å². The van der Waals surface area contributed by atoms with Crippen LogP contribution in [0.1, 0.15) is 18.4 Å². The van der Waals surface area contributed by atoms with E-state index in [2.05, 4.69) is 15.3 Å². The van der Waals surface area contributed by atoms with Crippen molar-refractivity contribution in [3.63, 3.8) is 0 Å². The second kappa shape index (κ2) is 9.02. The van der Waals surface area contributed by atoms with Gasteiger partial charge in [-0.3, -0.25) is 0 Å². The van der Waals surface area contributed by atoms with E-state index in [-0.39, 0.29) is 6.61 Å². The summed E-state index contributed by atoms with van der Waals surface area (Å²) in [5.74, 6) is 3.80. The number of halogens is 1. The smallest absolute Gasteiger partial charge is 0.221 e. The second-order valence-corrected chi connectivity index (χ2v) is 7.43. The van der Waals surface area contributed by atoms with E-state index < -0.39 is 0 Å². The fourth-order valence-corrected chi connectivity index (χ4v) is 3.32. The Kier molecular flexibility index (Phi) is 6.02. The third-order valence-corrected chi connectivity index (χ3v) is 4.93. The zero-order valence-electron chi connectivity index (χ0n) is 15.5. The minimum Gasteiger partial charge on any atom is -0.484 e. The molecule has 0 radical (unpaired) electrons. The molecule has 1 aromatic carbocycles. The first kappa shape index (κ1) is 19.4. The minimum atomic E-state index is 0.263. The monoisotopic (exact) mass is 428 g/mol. The molecule has 0 bridgehead atoms. The number of furan rings is 2. The van der Waals surface area contributed by atoms with Gasteiger partial charge in [-0.15, -0.1) is 10.2 Å². The quantitative estimate of drug-likeness (QED) is 0.278. The molecule has 0 unspecified atom stereocenters. The van der Waals surface area contributed by atoms with Gasteiger partial charge in [-0.1, -0.05) is 42.4 Å². The van der Waals surface area contributed by atoms with Gasteiger partial charge in [0.1, 0.15) is 23.9 Å². The first-order chi connectivity index (χ1) is 14.2. The Morgan fingerprint density at radius 2 is 2.07 bits per heavy atom. The normalized spacial score (nSPS) is 11.4. The van der Waals surface area contributed by atoms with Crippen molar-refractivity contribution in [2.24, 2.45) is 5.10 Å². The molecule has 7 nitrogen and oxygen atoms in total.